The van der Waals surface area contributed by atoms with Crippen molar-refractivity contribution < 1.29 is 0 Å². The van der Waals surface area contributed by atoms with E-state index < -0.39 is 0 Å². The predicted molar refractivity (Wildman–Crippen MR) is 63.3 cm³/mol. The number of thioether (sulfide) groups is 1. The third-order valence-corrected chi connectivity index (χ3v) is 4.69. The molecule has 1 rings (SSSR count). The van der Waals surface area contributed by atoms with E-state index >= 15 is 0 Å². The molecule has 0 bridgehead atoms. The van der Waals surface area contributed by atoms with E-state index in [1.54, 1.807) is 0 Å². The highest BCUT2D eigenvalue weighted by molar-refractivity contribution is 8.00. The molecule has 0 aliphatic heterocycles. The third kappa shape index (κ3) is 3.53. The van der Waals surface area contributed by atoms with Crippen molar-refractivity contribution in [3.8, 4) is 6.07 Å². The highest BCUT2D eigenvalue weighted by Gasteiger charge is 2.31. The molecular weight excluding hydrogens is 190 g/mol. The van der Waals surface area contributed by atoms with Crippen LogP contribution in [0.4, 0.5) is 0 Å². The minimum Gasteiger partial charge on any atom is -0.197 e. The molecule has 0 unspecified atom stereocenters. The summed E-state index contributed by atoms with van der Waals surface area (Å²) in [6, 6.07) is 2.58. The second-order valence-electron chi connectivity index (χ2n) is 4.73. The first-order valence-electron chi connectivity index (χ1n) is 5.74. The SMILES string of the molecule is CC(C)CSC1(C#N)CCCCCC1. The summed E-state index contributed by atoms with van der Waals surface area (Å²) in [6.07, 6.45) is 7.37. The monoisotopic (exact) mass is 211 g/mol. The van der Waals surface area contributed by atoms with E-state index in [2.05, 4.69) is 19.9 Å². The fourth-order valence-electron chi connectivity index (χ4n) is 1.91. The van der Waals surface area contributed by atoms with Crippen molar-refractivity contribution in [3.05, 3.63) is 0 Å². The van der Waals surface area contributed by atoms with Crippen molar-refractivity contribution in [1.82, 2.24) is 0 Å². The molecule has 0 saturated heterocycles. The summed E-state index contributed by atoms with van der Waals surface area (Å²) in [4.78, 5) is 0. The number of hydrogen-bond donors (Lipinski definition) is 0. The maximum atomic E-state index is 9.31. The normalized spacial score (nSPS) is 21.6. The van der Waals surface area contributed by atoms with Crippen molar-refractivity contribution in [2.45, 2.75) is 57.1 Å². The smallest absolute Gasteiger partial charge is 0.102 e. The lowest BCUT2D eigenvalue weighted by Crippen LogP contribution is -2.22. The van der Waals surface area contributed by atoms with Gasteiger partial charge in [-0.15, -0.1) is 11.8 Å². The van der Waals surface area contributed by atoms with Gasteiger partial charge in [0.2, 0.25) is 0 Å². The molecule has 0 amide bonds. The van der Waals surface area contributed by atoms with Crippen LogP contribution >= 0.6 is 11.8 Å². The van der Waals surface area contributed by atoms with Gasteiger partial charge in [-0.25, -0.2) is 0 Å². The first kappa shape index (κ1) is 11.9. The average molecular weight is 211 g/mol. The van der Waals surface area contributed by atoms with Gasteiger partial charge in [0.15, 0.2) is 0 Å². The quantitative estimate of drug-likeness (QED) is 0.659. The molecule has 14 heavy (non-hydrogen) atoms. The van der Waals surface area contributed by atoms with Gasteiger partial charge >= 0.3 is 0 Å². The second-order valence-corrected chi connectivity index (χ2v) is 6.13. The maximum absolute atomic E-state index is 9.31. The fraction of sp³-hybridized carbons (Fsp3) is 0.917. The van der Waals surface area contributed by atoms with Gasteiger partial charge < -0.3 is 0 Å². The zero-order chi connectivity index (χ0) is 10.4. The van der Waals surface area contributed by atoms with Crippen LogP contribution in [-0.2, 0) is 0 Å². The number of rotatable bonds is 3. The zero-order valence-corrected chi connectivity index (χ0v) is 10.2. The van der Waals surface area contributed by atoms with Crippen LogP contribution in [0, 0.1) is 17.2 Å². The summed E-state index contributed by atoms with van der Waals surface area (Å²) in [6.45, 7) is 4.46. The van der Waals surface area contributed by atoms with E-state index in [9.17, 15) is 5.26 Å². The van der Waals surface area contributed by atoms with Crippen molar-refractivity contribution in [1.29, 1.82) is 5.26 Å². The molecule has 0 aromatic heterocycles. The summed E-state index contributed by atoms with van der Waals surface area (Å²) in [7, 11) is 0. The second kappa shape index (κ2) is 5.66. The van der Waals surface area contributed by atoms with Crippen LogP contribution in [0.3, 0.4) is 0 Å². The maximum Gasteiger partial charge on any atom is 0.102 e. The molecule has 0 N–H and O–H groups in total. The largest absolute Gasteiger partial charge is 0.197 e. The summed E-state index contributed by atoms with van der Waals surface area (Å²) < 4.78 is -0.0409. The van der Waals surface area contributed by atoms with E-state index in [0.717, 1.165) is 18.6 Å². The molecule has 0 aromatic rings. The van der Waals surface area contributed by atoms with E-state index in [4.69, 9.17) is 0 Å². The molecule has 0 radical (unpaired) electrons. The summed E-state index contributed by atoms with van der Waals surface area (Å²) in [5, 5.41) is 9.31. The van der Waals surface area contributed by atoms with Gasteiger partial charge in [0.25, 0.3) is 0 Å². The van der Waals surface area contributed by atoms with Gasteiger partial charge in [0.05, 0.1) is 6.07 Å². The third-order valence-electron chi connectivity index (χ3n) is 2.81. The van der Waals surface area contributed by atoms with Gasteiger partial charge in [-0.3, -0.25) is 0 Å². The Bertz CT molecular complexity index is 197. The van der Waals surface area contributed by atoms with E-state index in [1.165, 1.54) is 25.7 Å². The van der Waals surface area contributed by atoms with Crippen molar-refractivity contribution >= 4 is 11.8 Å². The van der Waals surface area contributed by atoms with E-state index in [-0.39, 0.29) is 4.75 Å². The molecule has 1 aliphatic rings. The molecule has 0 atom stereocenters. The fourth-order valence-corrected chi connectivity index (χ4v) is 3.21. The van der Waals surface area contributed by atoms with Crippen molar-refractivity contribution in [2.75, 3.05) is 5.75 Å². The topological polar surface area (TPSA) is 23.8 Å². The Morgan fingerprint density at radius 3 is 2.21 bits per heavy atom. The highest BCUT2D eigenvalue weighted by atomic mass is 32.2. The van der Waals surface area contributed by atoms with Crippen molar-refractivity contribution in [2.24, 2.45) is 5.92 Å². The lowest BCUT2D eigenvalue weighted by molar-refractivity contribution is 0.614. The number of hydrogen-bond acceptors (Lipinski definition) is 2. The summed E-state index contributed by atoms with van der Waals surface area (Å²) in [5.41, 5.74) is 0. The molecule has 1 aliphatic carbocycles. The van der Waals surface area contributed by atoms with E-state index in [1.807, 2.05) is 11.8 Å². The Hall–Kier alpha value is -0.160. The van der Waals surface area contributed by atoms with Gasteiger partial charge in [0.1, 0.15) is 4.75 Å². The molecule has 1 nitrogen and oxygen atoms in total. The lowest BCUT2D eigenvalue weighted by Gasteiger charge is -2.24. The standard InChI is InChI=1S/C12H21NS/c1-11(2)9-14-12(10-13)7-5-3-4-6-8-12/h11H,3-9H2,1-2H3. The van der Waals surface area contributed by atoms with Crippen LogP contribution < -0.4 is 0 Å². The first-order valence-corrected chi connectivity index (χ1v) is 6.72. The van der Waals surface area contributed by atoms with Crippen LogP contribution in [0.2, 0.25) is 0 Å². The lowest BCUT2D eigenvalue weighted by atomic mass is 10.0. The minimum absolute atomic E-state index is 0.0409. The van der Waals surface area contributed by atoms with Crippen molar-refractivity contribution in [3.63, 3.8) is 0 Å². The molecule has 0 spiro atoms. The highest BCUT2D eigenvalue weighted by Crippen LogP contribution is 2.39. The molecule has 2 heteroatoms. The predicted octanol–water partition coefficient (Wildman–Crippen LogP) is 3.99. The molecule has 0 aromatic carbocycles. The Morgan fingerprint density at radius 2 is 1.79 bits per heavy atom. The van der Waals surface area contributed by atoms with Gasteiger partial charge in [-0.05, 0) is 24.5 Å². The van der Waals surface area contributed by atoms with Gasteiger partial charge in [-0.2, -0.15) is 5.26 Å². The van der Waals surface area contributed by atoms with E-state index in [0.29, 0.717) is 5.92 Å². The minimum atomic E-state index is -0.0409. The average Bonchev–Trinajstić information content (AvgIpc) is 2.41. The molecular formula is C12H21NS. The molecule has 0 heterocycles. The summed E-state index contributed by atoms with van der Waals surface area (Å²) in [5.74, 6) is 1.83. The van der Waals surface area contributed by atoms with Crippen LogP contribution in [0.25, 0.3) is 0 Å². The Balaban J connectivity index is 2.50. The van der Waals surface area contributed by atoms with Crippen LogP contribution in [0.5, 0.6) is 0 Å². The number of nitrogens with zero attached hydrogens (tertiary/aromatic N) is 1. The molecule has 80 valence electrons. The Kier molecular flexibility index (Phi) is 4.81. The Labute approximate surface area is 92.3 Å². The zero-order valence-electron chi connectivity index (χ0n) is 9.38. The van der Waals surface area contributed by atoms with Crippen LogP contribution in [0.15, 0.2) is 0 Å². The van der Waals surface area contributed by atoms with Crippen LogP contribution in [0.1, 0.15) is 52.4 Å². The Morgan fingerprint density at radius 1 is 1.21 bits per heavy atom. The molecule has 1 saturated carbocycles. The molecule has 1 fully saturated rings. The van der Waals surface area contributed by atoms with Gasteiger partial charge in [-0.1, -0.05) is 39.5 Å². The van der Waals surface area contributed by atoms with Gasteiger partial charge in [0, 0.05) is 0 Å². The number of nitriles is 1. The summed E-state index contributed by atoms with van der Waals surface area (Å²) >= 11 is 1.91. The first-order chi connectivity index (χ1) is 6.68. The van der Waals surface area contributed by atoms with Crippen LogP contribution in [-0.4, -0.2) is 10.5 Å².